The number of hydrogen-bond donors (Lipinski definition) is 2. The summed E-state index contributed by atoms with van der Waals surface area (Å²) >= 11 is 6.05. The van der Waals surface area contributed by atoms with Crippen LogP contribution >= 0.6 is 11.6 Å². The van der Waals surface area contributed by atoms with Crippen LogP contribution in [0.25, 0.3) is 11.0 Å². The monoisotopic (exact) mass is 478 g/mol. The molecular formula is C20H15ClN2O6S2. The molecule has 11 heteroatoms. The van der Waals surface area contributed by atoms with Gasteiger partial charge >= 0.3 is 5.97 Å². The van der Waals surface area contributed by atoms with Crippen molar-refractivity contribution in [2.45, 2.75) is 22.5 Å². The molecule has 0 radical (unpaired) electrons. The number of furan rings is 1. The Balaban J connectivity index is 1.69. The third-order valence-corrected chi connectivity index (χ3v) is 7.60. The number of fused-ring (bicyclic) bond motifs is 1. The first-order chi connectivity index (χ1) is 14.8. The molecule has 2 heterocycles. The lowest BCUT2D eigenvalue weighted by Gasteiger charge is -2.22. The minimum absolute atomic E-state index is 0.000819. The van der Waals surface area contributed by atoms with E-state index in [0.29, 0.717) is 11.0 Å². The van der Waals surface area contributed by atoms with Gasteiger partial charge < -0.3 is 9.52 Å². The van der Waals surface area contributed by atoms with Crippen molar-refractivity contribution in [1.29, 1.82) is 0 Å². The van der Waals surface area contributed by atoms with Crippen LogP contribution in [0.5, 0.6) is 0 Å². The molecule has 0 bridgehead atoms. The molecule has 0 fully saturated rings. The number of halogens is 1. The SMILES string of the molecule is O=C(O)c1ccccc1S(=O)C1=NC=C(Cl)CC1NS(=O)(=O)c1cc2ccccc2o1. The van der Waals surface area contributed by atoms with Gasteiger partial charge in [0.2, 0.25) is 5.09 Å². The van der Waals surface area contributed by atoms with Crippen LogP contribution in [0.4, 0.5) is 0 Å². The van der Waals surface area contributed by atoms with Crippen LogP contribution in [-0.4, -0.2) is 34.8 Å². The highest BCUT2D eigenvalue weighted by Crippen LogP contribution is 2.26. The van der Waals surface area contributed by atoms with Gasteiger partial charge in [-0.05, 0) is 18.2 Å². The molecule has 31 heavy (non-hydrogen) atoms. The van der Waals surface area contributed by atoms with Crippen LogP contribution in [0.1, 0.15) is 16.8 Å². The van der Waals surface area contributed by atoms with Crippen LogP contribution < -0.4 is 4.72 Å². The van der Waals surface area contributed by atoms with Gasteiger partial charge in [-0.25, -0.2) is 22.4 Å². The Morgan fingerprint density at radius 1 is 1.19 bits per heavy atom. The number of sulfonamides is 1. The third kappa shape index (κ3) is 4.33. The van der Waals surface area contributed by atoms with Gasteiger partial charge in [0.05, 0.1) is 16.5 Å². The molecule has 1 aliphatic rings. The zero-order valence-electron chi connectivity index (χ0n) is 15.7. The minimum Gasteiger partial charge on any atom is -0.478 e. The highest BCUT2D eigenvalue weighted by atomic mass is 35.5. The van der Waals surface area contributed by atoms with E-state index in [-0.39, 0.29) is 32.0 Å². The summed E-state index contributed by atoms with van der Waals surface area (Å²) < 4.78 is 46.9. The third-order valence-electron chi connectivity index (χ3n) is 4.50. The van der Waals surface area contributed by atoms with Crippen LogP contribution in [0, 0.1) is 0 Å². The Morgan fingerprint density at radius 3 is 2.65 bits per heavy atom. The number of carbonyl (C=O) groups is 1. The number of aromatic carboxylic acids is 1. The lowest BCUT2D eigenvalue weighted by Crippen LogP contribution is -2.43. The van der Waals surface area contributed by atoms with Gasteiger partial charge in [-0.3, -0.25) is 0 Å². The molecule has 2 aromatic carbocycles. The predicted molar refractivity (Wildman–Crippen MR) is 116 cm³/mol. The molecule has 0 aliphatic carbocycles. The highest BCUT2D eigenvalue weighted by molar-refractivity contribution is 8.01. The molecular weight excluding hydrogens is 464 g/mol. The number of carboxylic acid groups (broad SMARTS) is 1. The van der Waals surface area contributed by atoms with E-state index < -0.39 is 32.8 Å². The molecule has 2 N–H and O–H groups in total. The lowest BCUT2D eigenvalue weighted by atomic mass is 10.2. The Bertz CT molecular complexity index is 1340. The van der Waals surface area contributed by atoms with Gasteiger partial charge in [-0.1, -0.05) is 41.9 Å². The van der Waals surface area contributed by atoms with Gasteiger partial charge in [0.1, 0.15) is 21.4 Å². The van der Waals surface area contributed by atoms with Crippen molar-refractivity contribution in [1.82, 2.24) is 4.72 Å². The average molecular weight is 479 g/mol. The minimum atomic E-state index is -4.15. The molecule has 160 valence electrons. The quantitative estimate of drug-likeness (QED) is 0.578. The van der Waals surface area contributed by atoms with Gasteiger partial charge in [-0.15, -0.1) is 0 Å². The van der Waals surface area contributed by atoms with Crippen molar-refractivity contribution in [2.75, 3.05) is 0 Å². The number of nitrogens with one attached hydrogen (secondary N) is 1. The Hall–Kier alpha value is -2.79. The second-order valence-corrected chi connectivity index (χ2v) is 10.1. The molecule has 8 nitrogen and oxygen atoms in total. The summed E-state index contributed by atoms with van der Waals surface area (Å²) in [6, 6.07) is 12.9. The highest BCUT2D eigenvalue weighted by Gasteiger charge is 2.33. The van der Waals surface area contributed by atoms with E-state index in [1.165, 1.54) is 30.5 Å². The number of hydrogen-bond acceptors (Lipinski definition) is 6. The average Bonchev–Trinajstić information content (AvgIpc) is 3.18. The van der Waals surface area contributed by atoms with Gasteiger partial charge in [0.25, 0.3) is 10.0 Å². The fraction of sp³-hybridized carbons (Fsp3) is 0.100. The zero-order chi connectivity index (χ0) is 22.2. The zero-order valence-corrected chi connectivity index (χ0v) is 18.1. The van der Waals surface area contributed by atoms with Crippen molar-refractivity contribution >= 4 is 54.4 Å². The maximum atomic E-state index is 13.2. The Morgan fingerprint density at radius 2 is 1.90 bits per heavy atom. The molecule has 1 aromatic heterocycles. The maximum absolute atomic E-state index is 13.2. The largest absolute Gasteiger partial charge is 0.478 e. The Labute approximate surface area is 184 Å². The van der Waals surface area contributed by atoms with Crippen LogP contribution in [0.3, 0.4) is 0 Å². The van der Waals surface area contributed by atoms with Gasteiger partial charge in [0, 0.05) is 29.1 Å². The first-order valence-corrected chi connectivity index (χ1v) is 11.9. The number of para-hydroxylation sites is 1. The maximum Gasteiger partial charge on any atom is 0.336 e. The van der Waals surface area contributed by atoms with Gasteiger partial charge in [0.15, 0.2) is 0 Å². The van der Waals surface area contributed by atoms with E-state index in [4.69, 9.17) is 16.0 Å². The van der Waals surface area contributed by atoms with Crippen molar-refractivity contribution in [2.24, 2.45) is 4.99 Å². The van der Waals surface area contributed by atoms with Crippen LogP contribution in [0.15, 0.2) is 85.2 Å². The van der Waals surface area contributed by atoms with E-state index in [1.54, 1.807) is 30.3 Å². The van der Waals surface area contributed by atoms with Gasteiger partial charge in [-0.2, -0.15) is 4.72 Å². The first kappa shape index (κ1) is 21.4. The fourth-order valence-electron chi connectivity index (χ4n) is 3.08. The van der Waals surface area contributed by atoms with Crippen molar-refractivity contribution in [3.05, 3.63) is 71.4 Å². The molecule has 2 atom stereocenters. The summed E-state index contributed by atoms with van der Waals surface area (Å²) in [7, 11) is -6.20. The molecule has 4 rings (SSSR count). The molecule has 3 aromatic rings. The molecule has 0 saturated heterocycles. The van der Waals surface area contributed by atoms with Crippen molar-refractivity contribution in [3.63, 3.8) is 0 Å². The summed E-state index contributed by atoms with van der Waals surface area (Å²) in [4.78, 5) is 15.6. The topological polar surface area (TPSA) is 126 Å². The number of aliphatic imine (C=N–C) groups is 1. The lowest BCUT2D eigenvalue weighted by molar-refractivity contribution is 0.0693. The van der Waals surface area contributed by atoms with Crippen molar-refractivity contribution in [3.8, 4) is 0 Å². The fourth-order valence-corrected chi connectivity index (χ4v) is 5.86. The van der Waals surface area contributed by atoms with E-state index in [9.17, 15) is 22.5 Å². The molecule has 1 aliphatic heterocycles. The predicted octanol–water partition coefficient (Wildman–Crippen LogP) is 3.47. The van der Waals surface area contributed by atoms with Crippen molar-refractivity contribution < 1.29 is 26.9 Å². The smallest absolute Gasteiger partial charge is 0.336 e. The summed E-state index contributed by atoms with van der Waals surface area (Å²) in [5.74, 6) is -1.26. The number of rotatable bonds is 5. The number of nitrogens with zero attached hydrogens (tertiary/aromatic N) is 1. The summed E-state index contributed by atoms with van der Waals surface area (Å²) in [5, 5.41) is 9.89. The van der Waals surface area contributed by atoms with E-state index in [2.05, 4.69) is 9.71 Å². The Kier molecular flexibility index (Phi) is 5.80. The van der Waals surface area contributed by atoms with E-state index >= 15 is 0 Å². The molecule has 2 unspecified atom stereocenters. The molecule has 0 spiro atoms. The number of benzene rings is 2. The summed E-state index contributed by atoms with van der Waals surface area (Å²) in [6.45, 7) is 0. The second-order valence-electron chi connectivity index (χ2n) is 6.59. The van der Waals surface area contributed by atoms with Crippen LogP contribution in [0.2, 0.25) is 0 Å². The summed E-state index contributed by atoms with van der Waals surface area (Å²) in [5.41, 5.74) is 0.236. The van der Waals surface area contributed by atoms with Crippen LogP contribution in [-0.2, 0) is 20.8 Å². The standard InChI is InChI=1S/C20H15ClN2O6S2/c21-13-10-15(23-31(27,28)18-9-12-5-1-3-7-16(12)29-18)19(22-11-13)30(26)17-8-4-2-6-14(17)20(24)25/h1-9,11,15,23H,10H2,(H,24,25). The van der Waals surface area contributed by atoms with E-state index in [1.807, 2.05) is 0 Å². The molecule has 0 saturated carbocycles. The normalized spacial score (nSPS) is 17.8. The number of carboxylic acids is 1. The second kappa shape index (κ2) is 8.39. The summed E-state index contributed by atoms with van der Waals surface area (Å²) in [6.07, 6.45) is 1.27. The molecule has 0 amide bonds. The first-order valence-electron chi connectivity index (χ1n) is 8.93. The van der Waals surface area contributed by atoms with E-state index in [0.717, 1.165) is 0 Å².